The molecular weight excluding hydrogens is 526 g/mol. The molecule has 1 amide bonds. The third-order valence-electron chi connectivity index (χ3n) is 4.33. The van der Waals surface area contributed by atoms with Gasteiger partial charge in [0.1, 0.15) is 5.82 Å². The smallest absolute Gasteiger partial charge is 0.222 e. The molecule has 0 atom stereocenters. The molecule has 5 nitrogen and oxygen atoms in total. The summed E-state index contributed by atoms with van der Waals surface area (Å²) in [6.45, 7) is 5.53. The first-order chi connectivity index (χ1) is 12.6. The molecule has 0 radical (unpaired) electrons. The number of likely N-dealkylation sites (tertiary alicyclic amines) is 1. The van der Waals surface area contributed by atoms with Crippen LogP contribution >= 0.6 is 39.9 Å². The predicted molar refractivity (Wildman–Crippen MR) is 122 cm³/mol. The van der Waals surface area contributed by atoms with Crippen molar-refractivity contribution in [1.29, 1.82) is 0 Å². The van der Waals surface area contributed by atoms with Crippen molar-refractivity contribution in [3.63, 3.8) is 0 Å². The Morgan fingerprint density at radius 1 is 1.30 bits per heavy atom. The number of halogens is 3. The van der Waals surface area contributed by atoms with E-state index in [9.17, 15) is 9.18 Å². The molecule has 1 aromatic carbocycles. The van der Waals surface area contributed by atoms with Crippen LogP contribution in [0.5, 0.6) is 0 Å². The van der Waals surface area contributed by atoms with Gasteiger partial charge in [-0.1, -0.05) is 22.4 Å². The molecule has 0 aromatic heterocycles. The van der Waals surface area contributed by atoms with E-state index in [4.69, 9.17) is 0 Å². The maximum Gasteiger partial charge on any atom is 0.222 e. The van der Waals surface area contributed by atoms with E-state index in [0.717, 1.165) is 61.9 Å². The number of rotatable bonds is 7. The number of nitrogens with zero attached hydrogens (tertiary/aromatic N) is 2. The summed E-state index contributed by atoms with van der Waals surface area (Å²) >= 11 is 3.43. The van der Waals surface area contributed by atoms with Crippen LogP contribution in [-0.2, 0) is 11.3 Å². The number of carbonyl (C=O) groups excluding carboxylic acids is 1. The number of nitrogens with one attached hydrogen (secondary N) is 2. The Bertz CT molecular complexity index is 630. The fourth-order valence-electron chi connectivity index (χ4n) is 2.92. The Balaban J connectivity index is 0.00000364. The van der Waals surface area contributed by atoms with E-state index in [0.29, 0.717) is 18.9 Å². The zero-order valence-corrected chi connectivity index (χ0v) is 19.7. The van der Waals surface area contributed by atoms with Gasteiger partial charge in [0.05, 0.1) is 6.54 Å². The zero-order valence-electron chi connectivity index (χ0n) is 15.8. The predicted octanol–water partition coefficient (Wildman–Crippen LogP) is 4.05. The molecule has 0 unspecified atom stereocenters. The maximum atomic E-state index is 13.4. The average Bonchev–Trinajstić information content (AvgIpc) is 2.83. The van der Waals surface area contributed by atoms with Crippen LogP contribution in [0.1, 0.15) is 44.6 Å². The Morgan fingerprint density at radius 3 is 2.89 bits per heavy atom. The highest BCUT2D eigenvalue weighted by atomic mass is 127. The first-order valence-electron chi connectivity index (χ1n) is 9.34. The van der Waals surface area contributed by atoms with E-state index in [-0.39, 0.29) is 35.7 Å². The number of aliphatic imine (C=N–C) groups is 1. The van der Waals surface area contributed by atoms with Crippen molar-refractivity contribution in [3.05, 3.63) is 34.1 Å². The molecule has 0 saturated carbocycles. The van der Waals surface area contributed by atoms with Gasteiger partial charge in [-0.15, -0.1) is 24.0 Å². The Hall–Kier alpha value is -0.900. The van der Waals surface area contributed by atoms with Crippen molar-refractivity contribution < 1.29 is 9.18 Å². The minimum atomic E-state index is -0.265. The molecule has 0 spiro atoms. The average molecular weight is 555 g/mol. The first-order valence-corrected chi connectivity index (χ1v) is 10.1. The lowest BCUT2D eigenvalue weighted by molar-refractivity contribution is -0.130. The van der Waals surface area contributed by atoms with E-state index in [1.807, 2.05) is 11.8 Å². The molecule has 8 heteroatoms. The van der Waals surface area contributed by atoms with Crippen molar-refractivity contribution in [2.45, 2.75) is 45.6 Å². The van der Waals surface area contributed by atoms with Gasteiger partial charge in [0.25, 0.3) is 0 Å². The lowest BCUT2D eigenvalue weighted by Gasteiger charge is -2.20. The zero-order chi connectivity index (χ0) is 18.8. The molecule has 2 N–H and O–H groups in total. The highest BCUT2D eigenvalue weighted by molar-refractivity contribution is 14.0. The number of carbonyl (C=O) groups is 1. The van der Waals surface area contributed by atoms with Gasteiger partial charge in [-0.2, -0.15) is 0 Å². The monoisotopic (exact) mass is 554 g/mol. The van der Waals surface area contributed by atoms with Crippen LogP contribution in [0.4, 0.5) is 4.39 Å². The molecule has 27 heavy (non-hydrogen) atoms. The SMILES string of the molecule is CCNC(=NCc1cc(F)ccc1Br)NCCCN1CCCCCC1=O.I. The number of hydrogen-bond donors (Lipinski definition) is 2. The standard InChI is InChI=1S/C19H28BrFN4O.HI/c1-2-22-19(24-14-15-13-16(21)8-9-17(15)20)23-10-6-12-25-11-5-3-4-7-18(25)26;/h8-9,13H,2-7,10-12,14H2,1H3,(H2,22,23,24);1H. The lowest BCUT2D eigenvalue weighted by Crippen LogP contribution is -2.39. The van der Waals surface area contributed by atoms with Crippen molar-refractivity contribution >= 4 is 51.8 Å². The summed E-state index contributed by atoms with van der Waals surface area (Å²) in [7, 11) is 0. The second-order valence-corrected chi connectivity index (χ2v) is 7.26. The quantitative estimate of drug-likeness (QED) is 0.231. The van der Waals surface area contributed by atoms with Crippen LogP contribution in [0, 0.1) is 5.82 Å². The summed E-state index contributed by atoms with van der Waals surface area (Å²) in [6, 6.07) is 4.60. The topological polar surface area (TPSA) is 56.7 Å². The van der Waals surface area contributed by atoms with Crippen LogP contribution < -0.4 is 10.6 Å². The number of hydrogen-bond acceptors (Lipinski definition) is 2. The summed E-state index contributed by atoms with van der Waals surface area (Å²) in [5, 5.41) is 6.48. The molecule has 0 bridgehead atoms. The molecule has 1 aromatic rings. The van der Waals surface area contributed by atoms with Crippen molar-refractivity contribution in [1.82, 2.24) is 15.5 Å². The van der Waals surface area contributed by atoms with E-state index in [1.165, 1.54) is 12.1 Å². The van der Waals surface area contributed by atoms with Gasteiger partial charge in [0.2, 0.25) is 5.91 Å². The van der Waals surface area contributed by atoms with Gasteiger partial charge in [-0.3, -0.25) is 4.79 Å². The summed E-state index contributed by atoms with van der Waals surface area (Å²) in [6.07, 6.45) is 4.82. The van der Waals surface area contributed by atoms with Gasteiger partial charge in [0.15, 0.2) is 5.96 Å². The van der Waals surface area contributed by atoms with Crippen molar-refractivity contribution in [2.24, 2.45) is 4.99 Å². The van der Waals surface area contributed by atoms with E-state index < -0.39 is 0 Å². The Labute approximate surface area is 186 Å². The summed E-state index contributed by atoms with van der Waals surface area (Å²) < 4.78 is 14.2. The van der Waals surface area contributed by atoms with Gasteiger partial charge in [-0.05, 0) is 49.9 Å². The van der Waals surface area contributed by atoms with Crippen LogP contribution in [0.3, 0.4) is 0 Å². The second-order valence-electron chi connectivity index (χ2n) is 6.40. The van der Waals surface area contributed by atoms with Crippen molar-refractivity contribution in [3.8, 4) is 0 Å². The largest absolute Gasteiger partial charge is 0.357 e. The molecule has 2 rings (SSSR count). The molecular formula is C19H29BrFIN4O. The van der Waals surface area contributed by atoms with E-state index in [1.54, 1.807) is 6.07 Å². The number of amides is 1. The summed E-state index contributed by atoms with van der Waals surface area (Å²) in [4.78, 5) is 18.5. The van der Waals surface area contributed by atoms with Crippen LogP contribution in [-0.4, -0.2) is 42.9 Å². The molecule has 0 aliphatic carbocycles. The molecule has 1 fully saturated rings. The van der Waals surface area contributed by atoms with Crippen molar-refractivity contribution in [2.75, 3.05) is 26.2 Å². The lowest BCUT2D eigenvalue weighted by atomic mass is 10.2. The first kappa shape index (κ1) is 24.1. The molecule has 152 valence electrons. The second kappa shape index (κ2) is 13.3. The molecule has 1 aliphatic heterocycles. The van der Waals surface area contributed by atoms with Gasteiger partial charge < -0.3 is 15.5 Å². The summed E-state index contributed by atoms with van der Waals surface area (Å²) in [5.74, 6) is 0.711. The summed E-state index contributed by atoms with van der Waals surface area (Å²) in [5.41, 5.74) is 0.803. The number of guanidine groups is 1. The van der Waals surface area contributed by atoms with Gasteiger partial charge in [0, 0.05) is 37.1 Å². The number of benzene rings is 1. The fraction of sp³-hybridized carbons (Fsp3) is 0.579. The third kappa shape index (κ3) is 8.76. The fourth-order valence-corrected chi connectivity index (χ4v) is 3.29. The minimum absolute atomic E-state index is 0. The van der Waals surface area contributed by atoms with Gasteiger partial charge >= 0.3 is 0 Å². The van der Waals surface area contributed by atoms with Gasteiger partial charge in [-0.25, -0.2) is 9.38 Å². The minimum Gasteiger partial charge on any atom is -0.357 e. The van der Waals surface area contributed by atoms with E-state index >= 15 is 0 Å². The Morgan fingerprint density at radius 2 is 2.11 bits per heavy atom. The van der Waals surface area contributed by atoms with E-state index in [2.05, 4.69) is 31.6 Å². The van der Waals surface area contributed by atoms with Crippen LogP contribution in [0.15, 0.2) is 27.7 Å². The normalized spacial score (nSPS) is 15.1. The molecule has 1 saturated heterocycles. The van der Waals surface area contributed by atoms with Crippen LogP contribution in [0.2, 0.25) is 0 Å². The third-order valence-corrected chi connectivity index (χ3v) is 5.10. The van der Waals surface area contributed by atoms with Crippen LogP contribution in [0.25, 0.3) is 0 Å². The highest BCUT2D eigenvalue weighted by Gasteiger charge is 2.15. The molecule has 1 aliphatic rings. The molecule has 1 heterocycles. The highest BCUT2D eigenvalue weighted by Crippen LogP contribution is 2.18. The Kier molecular flexibility index (Phi) is 11.9. The maximum absolute atomic E-state index is 13.4.